The molecule has 0 spiro atoms. The van der Waals surface area contributed by atoms with Crippen LogP contribution in [0.15, 0.2) is 0 Å². The third-order valence-corrected chi connectivity index (χ3v) is 4.83. The van der Waals surface area contributed by atoms with Gasteiger partial charge in [-0.25, -0.2) is 0 Å². The van der Waals surface area contributed by atoms with Crippen molar-refractivity contribution in [2.45, 2.75) is 62.0 Å². The van der Waals surface area contributed by atoms with Crippen molar-refractivity contribution in [3.05, 3.63) is 0 Å². The van der Waals surface area contributed by atoms with Gasteiger partial charge in [0.15, 0.2) is 0 Å². The predicted molar refractivity (Wildman–Crippen MR) is 61.7 cm³/mol. The molecule has 2 rings (SSSR count). The summed E-state index contributed by atoms with van der Waals surface area (Å²) in [4.78, 5) is 0. The zero-order chi connectivity index (χ0) is 9.97. The second kappa shape index (κ2) is 4.86. The van der Waals surface area contributed by atoms with E-state index in [2.05, 4.69) is 11.6 Å². The topological polar surface area (TPSA) is 32.3 Å². The van der Waals surface area contributed by atoms with E-state index in [0.717, 1.165) is 11.7 Å². The Morgan fingerprint density at radius 1 is 1.07 bits per heavy atom. The minimum Gasteiger partial charge on any atom is -0.392 e. The van der Waals surface area contributed by atoms with E-state index in [1.54, 1.807) is 0 Å². The number of hydrogen-bond acceptors (Lipinski definition) is 3. The first-order valence-corrected chi connectivity index (χ1v) is 7.07. The van der Waals surface area contributed by atoms with Gasteiger partial charge in [0.1, 0.15) is 0 Å². The highest BCUT2D eigenvalue weighted by Crippen LogP contribution is 2.30. The summed E-state index contributed by atoms with van der Waals surface area (Å²) < 4.78 is 0. The maximum absolute atomic E-state index is 9.74. The van der Waals surface area contributed by atoms with Crippen LogP contribution in [0.4, 0.5) is 0 Å². The lowest BCUT2D eigenvalue weighted by Gasteiger charge is -2.25. The van der Waals surface area contributed by atoms with Crippen LogP contribution in [0.3, 0.4) is 0 Å². The van der Waals surface area contributed by atoms with Crippen LogP contribution in [0.1, 0.15) is 38.5 Å². The molecule has 0 amide bonds. The number of nitrogens with one attached hydrogen (secondary N) is 1. The van der Waals surface area contributed by atoms with Gasteiger partial charge in [-0.05, 0) is 38.4 Å². The molecule has 2 fully saturated rings. The zero-order valence-corrected chi connectivity index (χ0v) is 9.72. The first-order valence-electron chi connectivity index (χ1n) is 5.78. The van der Waals surface area contributed by atoms with Gasteiger partial charge in [-0.2, -0.15) is 11.8 Å². The summed E-state index contributed by atoms with van der Waals surface area (Å²) in [5.41, 5.74) is 0. The molecule has 4 atom stereocenters. The van der Waals surface area contributed by atoms with Crippen LogP contribution in [0, 0.1) is 0 Å². The molecule has 0 aromatic heterocycles. The lowest BCUT2D eigenvalue weighted by atomic mass is 10.1. The highest BCUT2D eigenvalue weighted by atomic mass is 32.2. The van der Waals surface area contributed by atoms with Crippen molar-refractivity contribution in [3.63, 3.8) is 0 Å². The van der Waals surface area contributed by atoms with E-state index in [1.165, 1.54) is 32.1 Å². The molecule has 14 heavy (non-hydrogen) atoms. The van der Waals surface area contributed by atoms with Crippen molar-refractivity contribution < 1.29 is 5.11 Å². The number of hydrogen-bond donors (Lipinski definition) is 2. The molecule has 2 saturated carbocycles. The molecule has 2 N–H and O–H groups in total. The lowest BCUT2D eigenvalue weighted by molar-refractivity contribution is 0.143. The van der Waals surface area contributed by atoms with E-state index in [1.807, 2.05) is 11.8 Å². The second-order valence-corrected chi connectivity index (χ2v) is 5.66. The average molecular weight is 215 g/mol. The van der Waals surface area contributed by atoms with E-state index < -0.39 is 0 Å². The minimum atomic E-state index is -0.0851. The number of aliphatic hydroxyl groups is 1. The Bertz CT molecular complexity index is 188. The smallest absolute Gasteiger partial charge is 0.0693 e. The van der Waals surface area contributed by atoms with Gasteiger partial charge in [-0.3, -0.25) is 0 Å². The van der Waals surface area contributed by atoms with Crippen LogP contribution in [0.25, 0.3) is 0 Å². The molecule has 2 aliphatic rings. The van der Waals surface area contributed by atoms with Crippen molar-refractivity contribution >= 4 is 11.8 Å². The summed E-state index contributed by atoms with van der Waals surface area (Å²) >= 11 is 1.98. The molecule has 2 aliphatic carbocycles. The molecule has 2 nitrogen and oxygen atoms in total. The van der Waals surface area contributed by atoms with Gasteiger partial charge in [-0.1, -0.05) is 6.42 Å². The van der Waals surface area contributed by atoms with E-state index in [0.29, 0.717) is 12.1 Å². The summed E-state index contributed by atoms with van der Waals surface area (Å²) in [6.45, 7) is 0. The minimum absolute atomic E-state index is 0.0851. The molecular weight excluding hydrogens is 194 g/mol. The van der Waals surface area contributed by atoms with Crippen LogP contribution in [-0.2, 0) is 0 Å². The van der Waals surface area contributed by atoms with Gasteiger partial charge in [0.25, 0.3) is 0 Å². The summed E-state index contributed by atoms with van der Waals surface area (Å²) in [6.07, 6.45) is 9.47. The van der Waals surface area contributed by atoms with Gasteiger partial charge >= 0.3 is 0 Å². The summed E-state index contributed by atoms with van der Waals surface area (Å²) in [5, 5.41) is 14.2. The second-order valence-electron chi connectivity index (χ2n) is 4.58. The lowest BCUT2D eigenvalue weighted by Crippen LogP contribution is -2.45. The molecule has 0 aliphatic heterocycles. The number of aliphatic hydroxyl groups excluding tert-OH is 1. The molecule has 0 heterocycles. The Balaban J connectivity index is 1.83. The molecular formula is C11H21NOS. The van der Waals surface area contributed by atoms with Crippen molar-refractivity contribution in [1.29, 1.82) is 0 Å². The highest BCUT2D eigenvalue weighted by Gasteiger charge is 2.32. The first kappa shape index (κ1) is 10.8. The third kappa shape index (κ3) is 2.26. The Morgan fingerprint density at radius 3 is 2.43 bits per heavy atom. The maximum atomic E-state index is 9.74. The Kier molecular flexibility index (Phi) is 3.74. The van der Waals surface area contributed by atoms with Crippen LogP contribution in [-0.4, -0.2) is 34.8 Å². The van der Waals surface area contributed by atoms with Crippen LogP contribution in [0.5, 0.6) is 0 Å². The molecule has 0 aromatic rings. The van der Waals surface area contributed by atoms with Gasteiger partial charge in [0, 0.05) is 17.3 Å². The molecule has 3 heteroatoms. The van der Waals surface area contributed by atoms with Gasteiger partial charge in [-0.15, -0.1) is 0 Å². The predicted octanol–water partition coefficient (Wildman–Crippen LogP) is 1.77. The monoisotopic (exact) mass is 215 g/mol. The Hall–Kier alpha value is 0.270. The largest absolute Gasteiger partial charge is 0.392 e. The van der Waals surface area contributed by atoms with Crippen molar-refractivity contribution in [3.8, 4) is 0 Å². The third-order valence-electron chi connectivity index (χ3n) is 3.66. The first-order chi connectivity index (χ1) is 6.81. The average Bonchev–Trinajstić information content (AvgIpc) is 2.77. The number of rotatable bonds is 3. The van der Waals surface area contributed by atoms with Crippen molar-refractivity contribution in [1.82, 2.24) is 5.32 Å². The fraction of sp³-hybridized carbons (Fsp3) is 1.00. The van der Waals surface area contributed by atoms with Crippen LogP contribution < -0.4 is 5.32 Å². The van der Waals surface area contributed by atoms with E-state index in [9.17, 15) is 5.11 Å². The standard InChI is InChI=1S/C11H21NOS/c1-14-11-7-3-5-9(11)12-8-4-2-6-10(8)13/h8-13H,2-7H2,1H3/t8-,9?,10-,11?/m0/s1. The molecule has 0 radical (unpaired) electrons. The molecule has 0 saturated heterocycles. The highest BCUT2D eigenvalue weighted by molar-refractivity contribution is 7.99. The van der Waals surface area contributed by atoms with E-state index >= 15 is 0 Å². The Labute approximate surface area is 90.8 Å². The van der Waals surface area contributed by atoms with Crippen molar-refractivity contribution in [2.24, 2.45) is 0 Å². The van der Waals surface area contributed by atoms with Gasteiger partial charge in [0.2, 0.25) is 0 Å². The van der Waals surface area contributed by atoms with E-state index in [4.69, 9.17) is 0 Å². The van der Waals surface area contributed by atoms with Gasteiger partial charge < -0.3 is 10.4 Å². The molecule has 2 unspecified atom stereocenters. The van der Waals surface area contributed by atoms with Crippen LogP contribution in [0.2, 0.25) is 0 Å². The molecule has 82 valence electrons. The number of thioether (sulfide) groups is 1. The van der Waals surface area contributed by atoms with Crippen LogP contribution >= 0.6 is 11.8 Å². The quantitative estimate of drug-likeness (QED) is 0.752. The fourth-order valence-electron chi connectivity index (χ4n) is 2.81. The van der Waals surface area contributed by atoms with Gasteiger partial charge in [0.05, 0.1) is 6.10 Å². The molecule has 0 aromatic carbocycles. The summed E-state index contributed by atoms with van der Waals surface area (Å²) in [6, 6.07) is 1.04. The fourth-order valence-corrected chi connectivity index (χ4v) is 3.75. The Morgan fingerprint density at radius 2 is 1.79 bits per heavy atom. The summed E-state index contributed by atoms with van der Waals surface area (Å²) in [7, 11) is 0. The summed E-state index contributed by atoms with van der Waals surface area (Å²) in [5.74, 6) is 0. The SMILES string of the molecule is CSC1CCCC1N[C@H]1CCC[C@@H]1O. The van der Waals surface area contributed by atoms with Crippen molar-refractivity contribution in [2.75, 3.05) is 6.26 Å². The maximum Gasteiger partial charge on any atom is 0.0693 e. The molecule has 0 bridgehead atoms. The zero-order valence-electron chi connectivity index (χ0n) is 8.91. The normalized spacial score (nSPS) is 43.3. The van der Waals surface area contributed by atoms with E-state index in [-0.39, 0.29) is 6.10 Å².